The second-order valence-corrected chi connectivity index (χ2v) is 13.2. The van der Waals surface area contributed by atoms with Crippen LogP contribution in [0.15, 0.2) is 49.6 Å². The van der Waals surface area contributed by atoms with Gasteiger partial charge in [-0.05, 0) is 64.3 Å². The summed E-state index contributed by atoms with van der Waals surface area (Å²) < 4.78 is -1.13. The van der Waals surface area contributed by atoms with E-state index in [-0.39, 0.29) is 30.9 Å². The summed E-state index contributed by atoms with van der Waals surface area (Å²) in [6, 6.07) is 7.23. The van der Waals surface area contributed by atoms with E-state index in [4.69, 9.17) is 0 Å². The van der Waals surface area contributed by atoms with Crippen molar-refractivity contribution in [2.24, 2.45) is 11.8 Å². The van der Waals surface area contributed by atoms with Crippen molar-refractivity contribution in [3.8, 4) is 0 Å². The topological polar surface area (TPSA) is 84.4 Å². The number of hydrogen-bond donors (Lipinski definition) is 1. The van der Waals surface area contributed by atoms with E-state index in [9.17, 15) is 19.5 Å². The fraction of sp³-hybridized carbons (Fsp3) is 0.581. The fourth-order valence-corrected chi connectivity index (χ4v) is 9.46. The SMILES string of the molecule is C=CCN(C)C(=O)[C@H]1[C@H]2C(=O)N(CCCO)C(C(=O)N(CC=C)c3ccc(N(CC)CC)cc3)C23CC[C@]1(C)S3. The molecule has 0 aromatic heterocycles. The summed E-state index contributed by atoms with van der Waals surface area (Å²) in [6.07, 6.45) is 5.21. The number of nitrogens with zero attached hydrogens (tertiary/aromatic N) is 4. The number of fused-ring (bicyclic) bond motifs is 1. The average Bonchev–Trinajstić information content (AvgIpc) is 3.51. The zero-order valence-corrected chi connectivity index (χ0v) is 25.2. The Morgan fingerprint density at radius 3 is 2.27 bits per heavy atom. The summed E-state index contributed by atoms with van der Waals surface area (Å²) >= 11 is 1.67. The van der Waals surface area contributed by atoms with Crippen LogP contribution < -0.4 is 9.80 Å². The first-order chi connectivity index (χ1) is 19.1. The average molecular weight is 569 g/mol. The molecule has 1 N–H and O–H groups in total. The highest BCUT2D eigenvalue weighted by molar-refractivity contribution is 8.02. The molecule has 2 bridgehead atoms. The van der Waals surface area contributed by atoms with Gasteiger partial charge in [0.05, 0.1) is 16.6 Å². The highest BCUT2D eigenvalue weighted by atomic mass is 32.2. The Bertz CT molecular complexity index is 1140. The lowest BCUT2D eigenvalue weighted by Crippen LogP contribution is -2.55. The largest absolute Gasteiger partial charge is 0.396 e. The first-order valence-electron chi connectivity index (χ1n) is 14.4. The van der Waals surface area contributed by atoms with Crippen molar-refractivity contribution in [3.05, 3.63) is 49.6 Å². The van der Waals surface area contributed by atoms with Gasteiger partial charge in [-0.15, -0.1) is 24.9 Å². The third-order valence-electron chi connectivity index (χ3n) is 8.98. The molecule has 1 aromatic rings. The quantitative estimate of drug-likeness (QED) is 0.367. The Labute approximate surface area is 243 Å². The van der Waals surface area contributed by atoms with Crippen molar-refractivity contribution in [2.45, 2.75) is 55.6 Å². The predicted octanol–water partition coefficient (Wildman–Crippen LogP) is 3.56. The molecule has 0 saturated carbocycles. The number of likely N-dealkylation sites (tertiary alicyclic amines) is 1. The van der Waals surface area contributed by atoms with Crippen molar-refractivity contribution in [1.29, 1.82) is 0 Å². The first kappa shape index (κ1) is 30.2. The van der Waals surface area contributed by atoms with Crippen molar-refractivity contribution in [3.63, 3.8) is 0 Å². The maximum absolute atomic E-state index is 14.6. The highest BCUT2D eigenvalue weighted by Gasteiger charge is 2.77. The molecule has 218 valence electrons. The molecule has 8 nitrogen and oxygen atoms in total. The second kappa shape index (κ2) is 12.0. The van der Waals surface area contributed by atoms with Crippen LogP contribution in [0, 0.1) is 11.8 Å². The third-order valence-corrected chi connectivity index (χ3v) is 11.0. The Kier molecular flexibility index (Phi) is 9.05. The van der Waals surface area contributed by atoms with Gasteiger partial charge in [0, 0.05) is 62.5 Å². The first-order valence-corrected chi connectivity index (χ1v) is 15.2. The van der Waals surface area contributed by atoms with Gasteiger partial charge in [0.2, 0.25) is 11.8 Å². The minimum Gasteiger partial charge on any atom is -0.396 e. The summed E-state index contributed by atoms with van der Waals surface area (Å²) in [4.78, 5) is 49.8. The van der Waals surface area contributed by atoms with E-state index in [0.717, 1.165) is 30.9 Å². The number of benzene rings is 1. The molecule has 3 aliphatic heterocycles. The molecule has 4 rings (SSSR count). The smallest absolute Gasteiger partial charge is 0.251 e. The van der Waals surface area contributed by atoms with Crippen LogP contribution in [0.2, 0.25) is 0 Å². The van der Waals surface area contributed by atoms with Gasteiger partial charge < -0.3 is 24.7 Å². The molecule has 3 heterocycles. The van der Waals surface area contributed by atoms with Crippen LogP contribution in [0.1, 0.15) is 40.0 Å². The lowest BCUT2D eigenvalue weighted by atomic mass is 9.66. The Balaban J connectivity index is 1.75. The minimum atomic E-state index is -0.728. The number of likely N-dealkylation sites (N-methyl/N-ethyl adjacent to an activating group) is 1. The Morgan fingerprint density at radius 1 is 1.07 bits per heavy atom. The normalized spacial score (nSPS) is 28.4. The van der Waals surface area contributed by atoms with Crippen LogP contribution in [-0.4, -0.2) is 94.5 Å². The van der Waals surface area contributed by atoms with Gasteiger partial charge >= 0.3 is 0 Å². The van der Waals surface area contributed by atoms with Crippen LogP contribution in [0.3, 0.4) is 0 Å². The maximum Gasteiger partial charge on any atom is 0.251 e. The van der Waals surface area contributed by atoms with E-state index in [0.29, 0.717) is 25.9 Å². The van der Waals surface area contributed by atoms with E-state index in [1.165, 1.54) is 0 Å². The molecule has 0 aliphatic carbocycles. The van der Waals surface area contributed by atoms with Gasteiger partial charge in [-0.1, -0.05) is 12.2 Å². The number of rotatable bonds is 13. The zero-order valence-electron chi connectivity index (χ0n) is 24.3. The molecule has 3 saturated heterocycles. The van der Waals surface area contributed by atoms with E-state index < -0.39 is 27.4 Å². The fourth-order valence-electron chi connectivity index (χ4n) is 7.12. The second-order valence-electron chi connectivity index (χ2n) is 11.3. The zero-order chi connectivity index (χ0) is 29.2. The van der Waals surface area contributed by atoms with Gasteiger partial charge in [0.15, 0.2) is 0 Å². The van der Waals surface area contributed by atoms with Crippen LogP contribution in [-0.2, 0) is 14.4 Å². The molecule has 1 aromatic carbocycles. The van der Waals surface area contributed by atoms with E-state index in [2.05, 4.69) is 38.8 Å². The van der Waals surface area contributed by atoms with Gasteiger partial charge in [0.25, 0.3) is 5.91 Å². The molecule has 3 fully saturated rings. The predicted molar refractivity (Wildman–Crippen MR) is 163 cm³/mol. The maximum atomic E-state index is 14.6. The molecule has 40 heavy (non-hydrogen) atoms. The number of aliphatic hydroxyl groups excluding tert-OH is 1. The van der Waals surface area contributed by atoms with E-state index >= 15 is 0 Å². The standard InChI is InChI=1S/C31H44N4O4S/c1-7-18-32(6)27(37)24-25-28(38)35(20-11-21-36)26(31(25)17-16-30(24,5)40-31)29(39)34(19-8-2)23-14-12-22(13-15-23)33(9-3)10-4/h7-8,12-15,24-26,36H,1-2,9-11,16-21H2,3-6H3/t24-,25+,26?,30+,31?/m1/s1. The number of carbonyl (C=O) groups is 3. The molecule has 5 atom stereocenters. The molecule has 9 heteroatoms. The third kappa shape index (κ3) is 4.85. The van der Waals surface area contributed by atoms with Crippen LogP contribution in [0.5, 0.6) is 0 Å². The summed E-state index contributed by atoms with van der Waals surface area (Å²) in [5, 5.41) is 9.64. The highest BCUT2D eigenvalue weighted by Crippen LogP contribution is 2.71. The van der Waals surface area contributed by atoms with E-state index in [1.54, 1.807) is 45.7 Å². The molecule has 3 amide bonds. The minimum absolute atomic E-state index is 0.0695. The van der Waals surface area contributed by atoms with Crippen molar-refractivity contribution >= 4 is 40.9 Å². The molecular weight excluding hydrogens is 524 g/mol. The Hall–Kier alpha value is -2.78. The van der Waals surface area contributed by atoms with Crippen molar-refractivity contribution < 1.29 is 19.5 Å². The number of carbonyl (C=O) groups excluding carboxylic acids is 3. The van der Waals surface area contributed by atoms with Gasteiger partial charge in [-0.2, -0.15) is 0 Å². The number of amides is 3. The lowest BCUT2D eigenvalue weighted by Gasteiger charge is -2.38. The molecule has 2 unspecified atom stereocenters. The number of anilines is 2. The Morgan fingerprint density at radius 2 is 1.70 bits per heavy atom. The molecular formula is C31H44N4O4S. The van der Waals surface area contributed by atoms with Crippen LogP contribution >= 0.6 is 11.8 Å². The monoisotopic (exact) mass is 568 g/mol. The van der Waals surface area contributed by atoms with Gasteiger partial charge in [-0.3, -0.25) is 14.4 Å². The van der Waals surface area contributed by atoms with Gasteiger partial charge in [-0.25, -0.2) is 0 Å². The summed E-state index contributed by atoms with van der Waals surface area (Å²) in [5.74, 6) is -1.48. The summed E-state index contributed by atoms with van der Waals surface area (Å²) in [5.41, 5.74) is 1.83. The number of hydrogen-bond acceptors (Lipinski definition) is 6. The molecule has 1 spiro atoms. The van der Waals surface area contributed by atoms with E-state index in [1.807, 2.05) is 24.3 Å². The number of thioether (sulfide) groups is 1. The van der Waals surface area contributed by atoms with Crippen molar-refractivity contribution in [2.75, 3.05) is 56.2 Å². The summed E-state index contributed by atoms with van der Waals surface area (Å²) in [6.45, 7) is 16.6. The van der Waals surface area contributed by atoms with Gasteiger partial charge in [0.1, 0.15) is 6.04 Å². The van der Waals surface area contributed by atoms with Crippen LogP contribution in [0.4, 0.5) is 11.4 Å². The number of aliphatic hydroxyl groups is 1. The van der Waals surface area contributed by atoms with Crippen LogP contribution in [0.25, 0.3) is 0 Å². The summed E-state index contributed by atoms with van der Waals surface area (Å²) in [7, 11) is 1.75. The van der Waals surface area contributed by atoms with Crippen molar-refractivity contribution in [1.82, 2.24) is 9.80 Å². The molecule has 3 aliphatic rings. The molecule has 0 radical (unpaired) electrons. The lowest BCUT2D eigenvalue weighted by molar-refractivity contribution is -0.144.